The van der Waals surface area contributed by atoms with Crippen LogP contribution in [0.15, 0.2) is 24.3 Å². The Bertz CT molecular complexity index is 353. The van der Waals surface area contributed by atoms with E-state index in [4.69, 9.17) is 11.6 Å². The van der Waals surface area contributed by atoms with E-state index in [1.807, 2.05) is 24.3 Å². The average Bonchev–Trinajstić information content (AvgIpc) is 2.27. The van der Waals surface area contributed by atoms with Crippen LogP contribution in [0.1, 0.15) is 19.4 Å². The average molecular weight is 240 g/mol. The SMILES string of the molecule is C[C@@H]1CNC[C@H](C)C1(O)c1ccc(Cl)cc1. The van der Waals surface area contributed by atoms with Crippen molar-refractivity contribution in [2.24, 2.45) is 11.8 Å². The number of hydrogen-bond donors (Lipinski definition) is 2. The van der Waals surface area contributed by atoms with Crippen LogP contribution in [-0.2, 0) is 5.60 Å². The summed E-state index contributed by atoms with van der Waals surface area (Å²) in [5.74, 6) is 0.412. The lowest BCUT2D eigenvalue weighted by molar-refractivity contribution is -0.0806. The number of aliphatic hydroxyl groups is 1. The number of piperidine rings is 1. The fourth-order valence-electron chi connectivity index (χ4n) is 2.60. The first-order chi connectivity index (χ1) is 7.55. The highest BCUT2D eigenvalue weighted by Gasteiger charge is 2.43. The van der Waals surface area contributed by atoms with Crippen LogP contribution in [0.25, 0.3) is 0 Å². The van der Waals surface area contributed by atoms with Gasteiger partial charge in [-0.2, -0.15) is 0 Å². The topological polar surface area (TPSA) is 32.3 Å². The second-order valence-corrected chi connectivity index (χ2v) is 5.23. The molecule has 1 heterocycles. The van der Waals surface area contributed by atoms with Crippen LogP contribution >= 0.6 is 11.6 Å². The summed E-state index contributed by atoms with van der Waals surface area (Å²) < 4.78 is 0. The molecule has 3 heteroatoms. The monoisotopic (exact) mass is 239 g/mol. The molecule has 2 N–H and O–H groups in total. The van der Waals surface area contributed by atoms with Crippen molar-refractivity contribution in [1.29, 1.82) is 0 Å². The molecule has 0 bridgehead atoms. The first kappa shape index (κ1) is 11.9. The van der Waals surface area contributed by atoms with E-state index in [0.29, 0.717) is 5.02 Å². The normalized spacial score (nSPS) is 35.0. The van der Waals surface area contributed by atoms with Gasteiger partial charge < -0.3 is 10.4 Å². The molecular weight excluding hydrogens is 222 g/mol. The van der Waals surface area contributed by atoms with Crippen LogP contribution in [0.5, 0.6) is 0 Å². The molecule has 2 nitrogen and oxygen atoms in total. The van der Waals surface area contributed by atoms with Gasteiger partial charge in [0.2, 0.25) is 0 Å². The van der Waals surface area contributed by atoms with Gasteiger partial charge in [-0.1, -0.05) is 37.6 Å². The first-order valence-electron chi connectivity index (χ1n) is 5.74. The second-order valence-electron chi connectivity index (χ2n) is 4.79. The van der Waals surface area contributed by atoms with Crippen LogP contribution in [0, 0.1) is 11.8 Å². The minimum absolute atomic E-state index is 0.206. The molecule has 1 fully saturated rings. The van der Waals surface area contributed by atoms with Crippen molar-refractivity contribution in [3.05, 3.63) is 34.9 Å². The van der Waals surface area contributed by atoms with E-state index in [-0.39, 0.29) is 11.8 Å². The van der Waals surface area contributed by atoms with Crippen molar-refractivity contribution in [1.82, 2.24) is 5.32 Å². The highest BCUT2D eigenvalue weighted by atomic mass is 35.5. The van der Waals surface area contributed by atoms with Crippen molar-refractivity contribution >= 4 is 11.6 Å². The van der Waals surface area contributed by atoms with Crippen molar-refractivity contribution in [2.45, 2.75) is 19.4 Å². The summed E-state index contributed by atoms with van der Waals surface area (Å²) in [6.07, 6.45) is 0. The number of nitrogens with one attached hydrogen (secondary N) is 1. The largest absolute Gasteiger partial charge is 0.385 e. The Kier molecular flexibility index (Phi) is 3.24. The highest BCUT2D eigenvalue weighted by Crippen LogP contribution is 2.39. The molecule has 1 unspecified atom stereocenters. The van der Waals surface area contributed by atoms with Crippen molar-refractivity contribution in [3.63, 3.8) is 0 Å². The van der Waals surface area contributed by atoms with E-state index >= 15 is 0 Å². The molecule has 1 aromatic rings. The quantitative estimate of drug-likeness (QED) is 0.789. The molecule has 0 amide bonds. The zero-order valence-corrected chi connectivity index (χ0v) is 10.5. The Labute approximate surface area is 102 Å². The molecule has 88 valence electrons. The molecule has 1 aliphatic heterocycles. The van der Waals surface area contributed by atoms with Crippen LogP contribution in [0.2, 0.25) is 5.02 Å². The highest BCUT2D eigenvalue weighted by molar-refractivity contribution is 6.30. The number of benzene rings is 1. The number of rotatable bonds is 1. The van der Waals surface area contributed by atoms with Gasteiger partial charge in [0.15, 0.2) is 0 Å². The van der Waals surface area contributed by atoms with Gasteiger partial charge in [-0.15, -0.1) is 0 Å². The summed E-state index contributed by atoms with van der Waals surface area (Å²) in [5.41, 5.74) is 0.231. The van der Waals surface area contributed by atoms with Crippen molar-refractivity contribution in [3.8, 4) is 0 Å². The van der Waals surface area contributed by atoms with Gasteiger partial charge in [-0.25, -0.2) is 0 Å². The lowest BCUT2D eigenvalue weighted by Crippen LogP contribution is -2.52. The lowest BCUT2D eigenvalue weighted by Gasteiger charge is -2.44. The van der Waals surface area contributed by atoms with E-state index in [9.17, 15) is 5.11 Å². The molecule has 1 aliphatic rings. The third-order valence-electron chi connectivity index (χ3n) is 3.71. The summed E-state index contributed by atoms with van der Waals surface area (Å²) in [6, 6.07) is 7.55. The van der Waals surface area contributed by atoms with Crippen LogP contribution in [0.3, 0.4) is 0 Å². The van der Waals surface area contributed by atoms with Crippen LogP contribution in [0.4, 0.5) is 0 Å². The molecule has 2 rings (SSSR count). The Hall–Kier alpha value is -0.570. The second kappa shape index (κ2) is 4.36. The molecule has 0 saturated carbocycles. The molecule has 3 atom stereocenters. The molecule has 1 aromatic carbocycles. The summed E-state index contributed by atoms with van der Waals surface area (Å²) in [4.78, 5) is 0. The third kappa shape index (κ3) is 1.86. The van der Waals surface area contributed by atoms with E-state index in [2.05, 4.69) is 19.2 Å². The van der Waals surface area contributed by atoms with Gasteiger partial charge in [0.25, 0.3) is 0 Å². The zero-order valence-electron chi connectivity index (χ0n) is 9.70. The van der Waals surface area contributed by atoms with E-state index < -0.39 is 5.60 Å². The summed E-state index contributed by atoms with van der Waals surface area (Å²) in [5, 5.41) is 14.9. The molecule has 0 radical (unpaired) electrons. The maximum absolute atomic E-state index is 10.9. The van der Waals surface area contributed by atoms with Crippen LogP contribution in [-0.4, -0.2) is 18.2 Å². The standard InChI is InChI=1S/C13H18ClNO/c1-9-7-15-8-10(2)13(9,16)11-3-5-12(14)6-4-11/h3-6,9-10,15-16H,7-8H2,1-2H3/t9-,10+,13?. The molecular formula is C13H18ClNO. The Morgan fingerprint density at radius 1 is 1.19 bits per heavy atom. The Morgan fingerprint density at radius 2 is 1.69 bits per heavy atom. The van der Waals surface area contributed by atoms with Gasteiger partial charge in [-0.3, -0.25) is 0 Å². The smallest absolute Gasteiger partial charge is 0.0971 e. The lowest BCUT2D eigenvalue weighted by atomic mass is 9.71. The fourth-order valence-corrected chi connectivity index (χ4v) is 2.73. The number of hydrogen-bond acceptors (Lipinski definition) is 2. The maximum Gasteiger partial charge on any atom is 0.0971 e. The van der Waals surface area contributed by atoms with Gasteiger partial charge in [0, 0.05) is 29.9 Å². The van der Waals surface area contributed by atoms with Gasteiger partial charge in [0.05, 0.1) is 5.60 Å². The molecule has 16 heavy (non-hydrogen) atoms. The molecule has 0 spiro atoms. The molecule has 1 saturated heterocycles. The van der Waals surface area contributed by atoms with E-state index in [0.717, 1.165) is 18.7 Å². The van der Waals surface area contributed by atoms with Crippen molar-refractivity contribution in [2.75, 3.05) is 13.1 Å². The summed E-state index contributed by atoms with van der Waals surface area (Å²) >= 11 is 5.87. The molecule has 0 aliphatic carbocycles. The van der Waals surface area contributed by atoms with Crippen LogP contribution < -0.4 is 5.32 Å². The Morgan fingerprint density at radius 3 is 2.19 bits per heavy atom. The number of halogens is 1. The zero-order chi connectivity index (χ0) is 11.8. The fraction of sp³-hybridized carbons (Fsp3) is 0.538. The van der Waals surface area contributed by atoms with E-state index in [1.54, 1.807) is 0 Å². The third-order valence-corrected chi connectivity index (χ3v) is 3.96. The van der Waals surface area contributed by atoms with Gasteiger partial charge in [-0.05, 0) is 17.7 Å². The van der Waals surface area contributed by atoms with Gasteiger partial charge >= 0.3 is 0 Å². The minimum atomic E-state index is -0.740. The summed E-state index contributed by atoms with van der Waals surface area (Å²) in [6.45, 7) is 5.86. The minimum Gasteiger partial charge on any atom is -0.385 e. The Balaban J connectivity index is 2.38. The van der Waals surface area contributed by atoms with Gasteiger partial charge in [0.1, 0.15) is 0 Å². The maximum atomic E-state index is 10.9. The summed E-state index contributed by atoms with van der Waals surface area (Å²) in [7, 11) is 0. The van der Waals surface area contributed by atoms with E-state index in [1.165, 1.54) is 0 Å². The van der Waals surface area contributed by atoms with Crippen molar-refractivity contribution < 1.29 is 5.11 Å². The molecule has 0 aromatic heterocycles. The predicted molar refractivity (Wildman–Crippen MR) is 66.5 cm³/mol. The first-order valence-corrected chi connectivity index (χ1v) is 6.12. The predicted octanol–water partition coefficient (Wildman–Crippen LogP) is 2.40.